The monoisotopic (exact) mass is 493 g/mol. The topological polar surface area (TPSA) is 26.4 Å². The molecule has 0 atom stereocenters. The Morgan fingerprint density at radius 2 is 1.53 bits per heavy atom. The van der Waals surface area contributed by atoms with E-state index in [0.717, 1.165) is 6.07 Å². The molecule has 1 aromatic carbocycles. The van der Waals surface area contributed by atoms with Gasteiger partial charge in [-0.1, -0.05) is 58.0 Å². The fourth-order valence-corrected chi connectivity index (χ4v) is 2.12. The third-order valence-electron chi connectivity index (χ3n) is 3.19. The predicted molar refractivity (Wildman–Crippen MR) is 114 cm³/mol. The first-order chi connectivity index (χ1) is 13.8. The molecule has 1 heterocycles. The SMILES string of the molecule is CC.CC.[C-]#[N+]c1c(C(F)(F)F)cc(-c2ccccc2)n(CC)c1=O.[CH-]=CC=[CH-].[Y]. The second kappa shape index (κ2) is 17.9. The molecular formula is C23H27F3N2OY-2. The van der Waals surface area contributed by atoms with Crippen LogP contribution < -0.4 is 5.56 Å². The maximum atomic E-state index is 13.1. The number of benzene rings is 1. The maximum absolute atomic E-state index is 13.1. The van der Waals surface area contributed by atoms with Crippen LogP contribution in [0.4, 0.5) is 18.9 Å². The minimum absolute atomic E-state index is 0. The summed E-state index contributed by atoms with van der Waals surface area (Å²) in [6.45, 7) is 26.1. The summed E-state index contributed by atoms with van der Waals surface area (Å²) in [7, 11) is 0. The second-order valence-corrected chi connectivity index (χ2v) is 4.70. The van der Waals surface area contributed by atoms with E-state index in [1.54, 1.807) is 37.3 Å². The number of alkyl halides is 3. The van der Waals surface area contributed by atoms with Gasteiger partial charge < -0.3 is 29.9 Å². The van der Waals surface area contributed by atoms with Gasteiger partial charge in [0.2, 0.25) is 0 Å². The van der Waals surface area contributed by atoms with Crippen molar-refractivity contribution in [1.29, 1.82) is 0 Å². The van der Waals surface area contributed by atoms with Crippen molar-refractivity contribution in [2.24, 2.45) is 0 Å². The molecule has 0 fully saturated rings. The van der Waals surface area contributed by atoms with Gasteiger partial charge in [-0.25, -0.2) is 4.85 Å². The zero-order chi connectivity index (χ0) is 23.0. The van der Waals surface area contributed by atoms with Crippen LogP contribution in [0.3, 0.4) is 0 Å². The molecule has 161 valence electrons. The smallest absolute Gasteiger partial charge is 0.394 e. The van der Waals surface area contributed by atoms with Gasteiger partial charge in [0.05, 0.1) is 12.1 Å². The van der Waals surface area contributed by atoms with E-state index in [1.165, 1.54) is 16.7 Å². The molecule has 3 nitrogen and oxygen atoms in total. The van der Waals surface area contributed by atoms with E-state index in [1.807, 2.05) is 27.7 Å². The summed E-state index contributed by atoms with van der Waals surface area (Å²) in [5.41, 5.74) is -2.34. The first-order valence-electron chi connectivity index (χ1n) is 9.18. The van der Waals surface area contributed by atoms with Crippen molar-refractivity contribution in [3.8, 4) is 11.3 Å². The molecule has 0 aliphatic heterocycles. The fraction of sp³-hybridized carbons (Fsp3) is 0.304. The van der Waals surface area contributed by atoms with E-state index in [4.69, 9.17) is 19.7 Å². The fourth-order valence-electron chi connectivity index (χ4n) is 2.12. The van der Waals surface area contributed by atoms with Gasteiger partial charge in [-0.15, -0.1) is 0 Å². The van der Waals surface area contributed by atoms with Crippen molar-refractivity contribution < 1.29 is 45.9 Å². The van der Waals surface area contributed by atoms with E-state index in [-0.39, 0.29) is 44.9 Å². The first kappa shape index (κ1) is 32.7. The molecule has 1 aromatic heterocycles. The van der Waals surface area contributed by atoms with Crippen molar-refractivity contribution >= 4 is 5.69 Å². The van der Waals surface area contributed by atoms with E-state index in [0.29, 0.717) is 5.56 Å². The minimum atomic E-state index is -4.74. The Labute approximate surface area is 203 Å². The van der Waals surface area contributed by atoms with Crippen LogP contribution in [0, 0.1) is 19.7 Å². The van der Waals surface area contributed by atoms with Crippen LogP contribution in [0.2, 0.25) is 0 Å². The molecule has 0 saturated heterocycles. The van der Waals surface area contributed by atoms with Crippen molar-refractivity contribution in [2.75, 3.05) is 0 Å². The zero-order valence-electron chi connectivity index (χ0n) is 18.0. The standard InChI is InChI=1S/C15H11F3N2O.C4H4.2C2H6.Y/c1-3-20-12(10-7-5-4-6-8-10)9-11(15(16,17)18)13(19-2)14(20)21;1-3-4-2;2*1-2;/h4-9H,3H2,1H3;1-4H;2*1-2H3;/q;-2;;;. The molecular weight excluding hydrogens is 466 g/mol. The Morgan fingerprint density at radius 1 is 1.07 bits per heavy atom. The van der Waals surface area contributed by atoms with Gasteiger partial charge >= 0.3 is 6.18 Å². The quantitative estimate of drug-likeness (QED) is 0.330. The van der Waals surface area contributed by atoms with Crippen molar-refractivity contribution in [3.05, 3.63) is 89.0 Å². The molecule has 0 N–H and O–H groups in total. The Balaban J connectivity index is -0.000000710. The van der Waals surface area contributed by atoms with Crippen molar-refractivity contribution in [1.82, 2.24) is 4.57 Å². The van der Waals surface area contributed by atoms with Crippen LogP contribution in [0.15, 0.2) is 53.3 Å². The summed E-state index contributed by atoms with van der Waals surface area (Å²) in [6.07, 6.45) is -2.19. The molecule has 0 aliphatic carbocycles. The van der Waals surface area contributed by atoms with Gasteiger partial charge in [-0.05, 0) is 18.6 Å². The van der Waals surface area contributed by atoms with Crippen LogP contribution in [0.5, 0.6) is 0 Å². The molecule has 0 amide bonds. The zero-order valence-corrected chi connectivity index (χ0v) is 20.8. The van der Waals surface area contributed by atoms with Crippen molar-refractivity contribution in [3.63, 3.8) is 0 Å². The average Bonchev–Trinajstić information content (AvgIpc) is 2.76. The molecule has 2 rings (SSSR count). The molecule has 1 radical (unpaired) electrons. The van der Waals surface area contributed by atoms with Gasteiger partial charge in [0.15, 0.2) is 0 Å². The third-order valence-corrected chi connectivity index (χ3v) is 3.19. The average molecular weight is 493 g/mol. The Kier molecular flexibility index (Phi) is 19.5. The first-order valence-corrected chi connectivity index (χ1v) is 9.18. The normalized spacial score (nSPS) is 8.90. The molecule has 0 spiro atoms. The maximum Gasteiger partial charge on any atom is 0.407 e. The van der Waals surface area contributed by atoms with Gasteiger partial charge in [0.25, 0.3) is 11.2 Å². The second-order valence-electron chi connectivity index (χ2n) is 4.70. The minimum Gasteiger partial charge on any atom is -0.394 e. The number of hydrogen-bond donors (Lipinski definition) is 0. The number of hydrogen-bond acceptors (Lipinski definition) is 1. The largest absolute Gasteiger partial charge is 0.407 e. The molecule has 2 aromatic rings. The van der Waals surface area contributed by atoms with Crippen LogP contribution in [-0.4, -0.2) is 4.57 Å². The molecule has 0 saturated carbocycles. The van der Waals surface area contributed by atoms with E-state index >= 15 is 0 Å². The van der Waals surface area contributed by atoms with Crippen LogP contribution >= 0.6 is 0 Å². The van der Waals surface area contributed by atoms with E-state index in [2.05, 4.69) is 4.85 Å². The van der Waals surface area contributed by atoms with E-state index < -0.39 is 23.0 Å². The molecule has 0 bridgehead atoms. The Morgan fingerprint density at radius 3 is 1.87 bits per heavy atom. The Hall–Kier alpha value is -1.97. The number of aromatic nitrogens is 1. The number of halogens is 3. The molecule has 30 heavy (non-hydrogen) atoms. The third kappa shape index (κ3) is 9.69. The van der Waals surface area contributed by atoms with Crippen LogP contribution in [-0.2, 0) is 45.4 Å². The number of rotatable bonds is 3. The Bertz CT molecular complexity index is 846. The predicted octanol–water partition coefficient (Wildman–Crippen LogP) is 7.12. The van der Waals surface area contributed by atoms with E-state index in [9.17, 15) is 18.0 Å². The van der Waals surface area contributed by atoms with Gasteiger partial charge in [0, 0.05) is 44.9 Å². The summed E-state index contributed by atoms with van der Waals surface area (Å²) in [5, 5.41) is 0. The summed E-state index contributed by atoms with van der Waals surface area (Å²) in [5.74, 6) is 0. The van der Waals surface area contributed by atoms with Crippen LogP contribution in [0.1, 0.15) is 40.2 Å². The van der Waals surface area contributed by atoms with Gasteiger partial charge in [0.1, 0.15) is 0 Å². The molecule has 0 unspecified atom stereocenters. The summed E-state index contributed by atoms with van der Waals surface area (Å²) in [4.78, 5) is 14.9. The van der Waals surface area contributed by atoms with Gasteiger partial charge in [-0.3, -0.25) is 4.79 Å². The molecule has 0 aliphatic rings. The summed E-state index contributed by atoms with van der Waals surface area (Å²) >= 11 is 0. The van der Waals surface area contributed by atoms with Crippen molar-refractivity contribution in [2.45, 2.75) is 47.3 Å². The number of allylic oxidation sites excluding steroid dienone is 2. The number of nitrogens with zero attached hydrogens (tertiary/aromatic N) is 2. The number of pyridine rings is 1. The van der Waals surface area contributed by atoms with Crippen LogP contribution in [0.25, 0.3) is 16.1 Å². The summed E-state index contributed by atoms with van der Waals surface area (Å²) in [6, 6.07) is 9.20. The summed E-state index contributed by atoms with van der Waals surface area (Å²) < 4.78 is 40.3. The van der Waals surface area contributed by atoms with Gasteiger partial charge in [-0.2, -0.15) is 13.2 Å². The molecule has 7 heteroatoms.